The van der Waals surface area contributed by atoms with E-state index in [2.05, 4.69) is 20.4 Å². The number of halogens is 6. The van der Waals surface area contributed by atoms with Crippen LogP contribution >= 0.6 is 0 Å². The Hall–Kier alpha value is -3.83. The number of urea groups is 1. The molecular formula is C23H19F6N5O. The highest BCUT2D eigenvalue weighted by Crippen LogP contribution is 2.37. The number of carbonyl (C=O) groups is 1. The molecule has 2 amide bonds. The number of nitrogens with one attached hydrogen (secondary N) is 2. The van der Waals surface area contributed by atoms with E-state index < -0.39 is 35.2 Å². The largest absolute Gasteiger partial charge is 0.416 e. The van der Waals surface area contributed by atoms with Crippen LogP contribution in [0.4, 0.5) is 48.3 Å². The van der Waals surface area contributed by atoms with Gasteiger partial charge in [0.05, 0.1) is 16.8 Å². The van der Waals surface area contributed by atoms with E-state index in [9.17, 15) is 31.1 Å². The number of carbonyl (C=O) groups excluding carboxylic acids is 1. The van der Waals surface area contributed by atoms with Gasteiger partial charge in [-0.05, 0) is 55.3 Å². The highest BCUT2D eigenvalue weighted by atomic mass is 19.4. The molecule has 184 valence electrons. The summed E-state index contributed by atoms with van der Waals surface area (Å²) in [5.74, 6) is 0.763. The molecule has 1 aliphatic rings. The van der Waals surface area contributed by atoms with Crippen LogP contribution in [-0.2, 0) is 12.4 Å². The third kappa shape index (κ3) is 6.00. The summed E-state index contributed by atoms with van der Waals surface area (Å²) in [5.41, 5.74) is -2.30. The molecule has 0 saturated carbocycles. The zero-order chi connectivity index (χ0) is 25.2. The highest BCUT2D eigenvalue weighted by Gasteiger charge is 2.37. The number of hydrogen-bond acceptors (Lipinski definition) is 4. The van der Waals surface area contributed by atoms with Crippen LogP contribution in [0.2, 0.25) is 0 Å². The molecular weight excluding hydrogens is 476 g/mol. The van der Waals surface area contributed by atoms with Crippen molar-refractivity contribution in [2.75, 3.05) is 28.6 Å². The molecule has 1 fully saturated rings. The number of rotatable bonds is 4. The highest BCUT2D eigenvalue weighted by molar-refractivity contribution is 6.00. The van der Waals surface area contributed by atoms with Gasteiger partial charge in [0.2, 0.25) is 0 Å². The zero-order valence-corrected chi connectivity index (χ0v) is 18.0. The van der Waals surface area contributed by atoms with Gasteiger partial charge in [-0.3, -0.25) is 0 Å². The van der Waals surface area contributed by atoms with Crippen molar-refractivity contribution < 1.29 is 31.1 Å². The SMILES string of the molecule is O=C(Nc1cccc(-c2ccc(N3CCCC3)nn2)c1)Nc1cc(C(F)(F)F)cc(C(F)(F)F)c1. The van der Waals surface area contributed by atoms with Gasteiger partial charge in [0.1, 0.15) is 0 Å². The normalized spacial score (nSPS) is 14.2. The van der Waals surface area contributed by atoms with Crippen molar-refractivity contribution in [1.82, 2.24) is 10.2 Å². The van der Waals surface area contributed by atoms with Crippen LogP contribution in [0.5, 0.6) is 0 Å². The van der Waals surface area contributed by atoms with Gasteiger partial charge in [0, 0.05) is 30.0 Å². The Bertz CT molecular complexity index is 1170. The summed E-state index contributed by atoms with van der Waals surface area (Å²) in [7, 11) is 0. The monoisotopic (exact) mass is 495 g/mol. The molecule has 0 radical (unpaired) electrons. The Morgan fingerprint density at radius 1 is 0.771 bits per heavy atom. The Morgan fingerprint density at radius 2 is 1.40 bits per heavy atom. The summed E-state index contributed by atoms with van der Waals surface area (Å²) >= 11 is 0. The Morgan fingerprint density at radius 3 is 1.97 bits per heavy atom. The van der Waals surface area contributed by atoms with Crippen LogP contribution in [0.15, 0.2) is 54.6 Å². The second-order valence-corrected chi connectivity index (χ2v) is 7.93. The maximum Gasteiger partial charge on any atom is 0.416 e. The molecule has 6 nitrogen and oxygen atoms in total. The van der Waals surface area contributed by atoms with E-state index in [1.165, 1.54) is 6.07 Å². The number of hydrogen-bond donors (Lipinski definition) is 2. The average Bonchev–Trinajstić information content (AvgIpc) is 3.33. The van der Waals surface area contributed by atoms with E-state index in [0.29, 0.717) is 23.4 Å². The molecule has 3 aromatic rings. The molecule has 2 heterocycles. The molecule has 0 unspecified atom stereocenters. The summed E-state index contributed by atoms with van der Waals surface area (Å²) < 4.78 is 78.2. The molecule has 0 atom stereocenters. The molecule has 35 heavy (non-hydrogen) atoms. The Kier molecular flexibility index (Phi) is 6.55. The summed E-state index contributed by atoms with van der Waals surface area (Å²) in [6.45, 7) is 1.83. The van der Waals surface area contributed by atoms with Gasteiger partial charge < -0.3 is 15.5 Å². The molecule has 4 rings (SSSR count). The lowest BCUT2D eigenvalue weighted by Gasteiger charge is -2.16. The van der Waals surface area contributed by atoms with Crippen LogP contribution in [0, 0.1) is 0 Å². The minimum absolute atomic E-state index is 0.0113. The molecule has 1 aromatic heterocycles. The number of amides is 2. The molecule has 1 saturated heterocycles. The molecule has 0 aliphatic carbocycles. The lowest BCUT2D eigenvalue weighted by molar-refractivity contribution is -0.143. The standard InChI is InChI=1S/C23H19F6N5O/c24-22(25,26)15-11-16(23(27,28)29)13-18(12-15)31-21(35)30-17-5-3-4-14(10-17)19-6-7-20(33-32-19)34-8-1-2-9-34/h3-7,10-13H,1-2,8-9H2,(H2,30,31,35). The Balaban J connectivity index is 1.49. The van der Waals surface area contributed by atoms with Crippen LogP contribution in [-0.4, -0.2) is 29.3 Å². The van der Waals surface area contributed by atoms with Gasteiger partial charge in [-0.2, -0.15) is 26.3 Å². The summed E-state index contributed by atoms with van der Waals surface area (Å²) in [5, 5.41) is 12.9. The number of benzene rings is 2. The van der Waals surface area contributed by atoms with E-state index in [0.717, 1.165) is 31.7 Å². The van der Waals surface area contributed by atoms with Crippen molar-refractivity contribution in [2.24, 2.45) is 0 Å². The van der Waals surface area contributed by atoms with E-state index in [4.69, 9.17) is 0 Å². The minimum atomic E-state index is -5.02. The first kappa shape index (κ1) is 24.3. The number of aromatic nitrogens is 2. The number of alkyl halides is 6. The predicted molar refractivity (Wildman–Crippen MR) is 118 cm³/mol. The topological polar surface area (TPSA) is 70.2 Å². The maximum absolute atomic E-state index is 13.0. The van der Waals surface area contributed by atoms with Crippen molar-refractivity contribution in [3.63, 3.8) is 0 Å². The molecule has 12 heteroatoms. The summed E-state index contributed by atoms with van der Waals surface area (Å²) in [6, 6.07) is 9.89. The lowest BCUT2D eigenvalue weighted by Crippen LogP contribution is -2.21. The van der Waals surface area contributed by atoms with Crippen molar-refractivity contribution in [1.29, 1.82) is 0 Å². The molecule has 1 aliphatic heterocycles. The van der Waals surface area contributed by atoms with Crippen LogP contribution in [0.3, 0.4) is 0 Å². The van der Waals surface area contributed by atoms with Crippen LogP contribution < -0.4 is 15.5 Å². The van der Waals surface area contributed by atoms with E-state index in [1.54, 1.807) is 24.3 Å². The van der Waals surface area contributed by atoms with Gasteiger partial charge in [-0.15, -0.1) is 10.2 Å². The second-order valence-electron chi connectivity index (χ2n) is 7.93. The third-order valence-corrected chi connectivity index (χ3v) is 5.34. The first-order chi connectivity index (χ1) is 16.5. The smallest absolute Gasteiger partial charge is 0.355 e. The van der Waals surface area contributed by atoms with Crippen molar-refractivity contribution in [2.45, 2.75) is 25.2 Å². The molecule has 0 bridgehead atoms. The van der Waals surface area contributed by atoms with Gasteiger partial charge in [0.25, 0.3) is 0 Å². The van der Waals surface area contributed by atoms with E-state index in [-0.39, 0.29) is 11.8 Å². The van der Waals surface area contributed by atoms with E-state index in [1.807, 2.05) is 11.4 Å². The van der Waals surface area contributed by atoms with Gasteiger partial charge in [0.15, 0.2) is 5.82 Å². The average molecular weight is 495 g/mol. The van der Waals surface area contributed by atoms with Gasteiger partial charge in [-0.25, -0.2) is 4.79 Å². The third-order valence-electron chi connectivity index (χ3n) is 5.34. The fourth-order valence-corrected chi connectivity index (χ4v) is 3.67. The number of anilines is 3. The molecule has 2 aromatic carbocycles. The van der Waals surface area contributed by atoms with Crippen LogP contribution in [0.25, 0.3) is 11.3 Å². The van der Waals surface area contributed by atoms with Crippen LogP contribution in [0.1, 0.15) is 24.0 Å². The molecule has 0 spiro atoms. The fraction of sp³-hybridized carbons (Fsp3) is 0.261. The van der Waals surface area contributed by atoms with E-state index >= 15 is 0 Å². The first-order valence-electron chi connectivity index (χ1n) is 10.6. The van der Waals surface area contributed by atoms with Gasteiger partial charge >= 0.3 is 18.4 Å². The fourth-order valence-electron chi connectivity index (χ4n) is 3.67. The summed E-state index contributed by atoms with van der Waals surface area (Å²) in [4.78, 5) is 14.4. The predicted octanol–water partition coefficient (Wildman–Crippen LogP) is 6.43. The second kappa shape index (κ2) is 9.43. The quantitative estimate of drug-likeness (QED) is 0.410. The van der Waals surface area contributed by atoms with Crippen molar-refractivity contribution >= 4 is 23.2 Å². The zero-order valence-electron chi connectivity index (χ0n) is 18.0. The summed E-state index contributed by atoms with van der Waals surface area (Å²) in [6.07, 6.45) is -7.85. The first-order valence-corrected chi connectivity index (χ1v) is 10.6. The number of nitrogens with zero attached hydrogens (tertiary/aromatic N) is 3. The molecule has 2 N–H and O–H groups in total. The van der Waals surface area contributed by atoms with Gasteiger partial charge in [-0.1, -0.05) is 12.1 Å². The van der Waals surface area contributed by atoms with Crippen molar-refractivity contribution in [3.05, 3.63) is 65.7 Å². The minimum Gasteiger partial charge on any atom is -0.355 e. The van der Waals surface area contributed by atoms with Crippen molar-refractivity contribution in [3.8, 4) is 11.3 Å². The lowest BCUT2D eigenvalue weighted by atomic mass is 10.1. The Labute approximate surface area is 196 Å². The maximum atomic E-state index is 13.0.